The van der Waals surface area contributed by atoms with E-state index in [9.17, 15) is 4.79 Å². The Morgan fingerprint density at radius 3 is 2.74 bits per heavy atom. The zero-order chi connectivity index (χ0) is 13.8. The molecule has 0 radical (unpaired) electrons. The summed E-state index contributed by atoms with van der Waals surface area (Å²) < 4.78 is 6.31. The molecule has 0 aliphatic heterocycles. The van der Waals surface area contributed by atoms with Crippen molar-refractivity contribution in [3.63, 3.8) is 0 Å². The fourth-order valence-electron chi connectivity index (χ4n) is 1.63. The van der Waals surface area contributed by atoms with Gasteiger partial charge in [-0.05, 0) is 24.6 Å². The molecule has 0 aliphatic carbocycles. The second kappa shape index (κ2) is 6.41. The number of rotatable bonds is 6. The van der Waals surface area contributed by atoms with Gasteiger partial charge in [0.15, 0.2) is 4.88 Å². The van der Waals surface area contributed by atoms with Gasteiger partial charge in [-0.2, -0.15) is 0 Å². The first kappa shape index (κ1) is 14.4. The number of carboxylic acids is 1. The van der Waals surface area contributed by atoms with Gasteiger partial charge in [-0.15, -0.1) is 22.7 Å². The van der Waals surface area contributed by atoms with Crippen LogP contribution >= 0.6 is 34.3 Å². The minimum atomic E-state index is -0.938. The van der Waals surface area contributed by atoms with Crippen molar-refractivity contribution in [2.75, 3.05) is 0 Å². The maximum absolute atomic E-state index is 11.2. The van der Waals surface area contributed by atoms with Gasteiger partial charge in [-0.1, -0.05) is 24.9 Å². The Hall–Kier alpha value is -1.04. The van der Waals surface area contributed by atoms with Gasteiger partial charge in [-0.3, -0.25) is 0 Å². The van der Waals surface area contributed by atoms with E-state index >= 15 is 0 Å². The molecule has 6 heteroatoms. The third-order valence-corrected chi connectivity index (χ3v) is 4.81. The molecule has 0 bridgehead atoms. The molecule has 0 amide bonds. The number of halogens is 1. The predicted octanol–water partition coefficient (Wildman–Crippen LogP) is 4.69. The average molecular weight is 317 g/mol. The second-order valence-electron chi connectivity index (χ2n) is 3.96. The van der Waals surface area contributed by atoms with Crippen molar-refractivity contribution in [3.8, 4) is 5.75 Å². The summed E-state index contributed by atoms with van der Waals surface area (Å²) in [4.78, 5) is 13.5. The molecule has 1 N–H and O–H groups in total. The number of carboxylic acid groups (broad SMARTS) is 1. The number of ether oxygens (including phenoxy) is 1. The highest BCUT2D eigenvalue weighted by Crippen LogP contribution is 2.32. The van der Waals surface area contributed by atoms with E-state index in [1.165, 1.54) is 22.7 Å². The van der Waals surface area contributed by atoms with Gasteiger partial charge in [-0.25, -0.2) is 4.79 Å². The van der Waals surface area contributed by atoms with Crippen molar-refractivity contribution in [1.82, 2.24) is 0 Å². The Morgan fingerprint density at radius 1 is 1.37 bits per heavy atom. The van der Waals surface area contributed by atoms with E-state index < -0.39 is 5.97 Å². The molecule has 0 unspecified atom stereocenters. The van der Waals surface area contributed by atoms with E-state index in [4.69, 9.17) is 21.4 Å². The highest BCUT2D eigenvalue weighted by molar-refractivity contribution is 7.16. The fourth-order valence-corrected chi connectivity index (χ4v) is 3.67. The minimum absolute atomic E-state index is 0.270. The Morgan fingerprint density at radius 2 is 2.16 bits per heavy atom. The molecule has 2 aromatic heterocycles. The van der Waals surface area contributed by atoms with E-state index in [2.05, 4.69) is 6.92 Å². The van der Waals surface area contributed by atoms with Crippen molar-refractivity contribution in [2.45, 2.75) is 26.4 Å². The van der Waals surface area contributed by atoms with Crippen LogP contribution in [-0.2, 0) is 13.0 Å². The van der Waals surface area contributed by atoms with Crippen molar-refractivity contribution in [1.29, 1.82) is 0 Å². The van der Waals surface area contributed by atoms with Crippen LogP contribution in [0.15, 0.2) is 18.2 Å². The molecule has 0 fully saturated rings. The maximum atomic E-state index is 11.2. The Balaban J connectivity index is 2.11. The summed E-state index contributed by atoms with van der Waals surface area (Å²) in [5, 5.41) is 9.16. The molecule has 0 saturated carbocycles. The molecule has 2 heterocycles. The highest BCUT2D eigenvalue weighted by atomic mass is 35.5. The van der Waals surface area contributed by atoms with Crippen LogP contribution in [0.2, 0.25) is 4.34 Å². The van der Waals surface area contributed by atoms with Gasteiger partial charge in [0.25, 0.3) is 0 Å². The first-order valence-corrected chi connectivity index (χ1v) is 7.84. The maximum Gasteiger partial charge on any atom is 0.349 e. The number of aromatic carboxylic acids is 1. The Bertz CT molecular complexity index is 574. The minimum Gasteiger partial charge on any atom is -0.486 e. The third kappa shape index (κ3) is 3.72. The van der Waals surface area contributed by atoms with Gasteiger partial charge >= 0.3 is 5.97 Å². The van der Waals surface area contributed by atoms with Crippen LogP contribution < -0.4 is 4.74 Å². The molecular weight excluding hydrogens is 304 g/mol. The van der Waals surface area contributed by atoms with Crippen molar-refractivity contribution in [2.24, 2.45) is 0 Å². The molecule has 0 spiro atoms. The summed E-state index contributed by atoms with van der Waals surface area (Å²) in [6.45, 7) is 2.41. The fraction of sp³-hybridized carbons (Fsp3) is 0.308. The van der Waals surface area contributed by atoms with E-state index in [1.807, 2.05) is 12.1 Å². The van der Waals surface area contributed by atoms with Gasteiger partial charge in [0.2, 0.25) is 0 Å². The number of hydrogen-bond donors (Lipinski definition) is 1. The highest BCUT2D eigenvalue weighted by Gasteiger charge is 2.16. The topological polar surface area (TPSA) is 46.5 Å². The van der Waals surface area contributed by atoms with Crippen LogP contribution in [0.5, 0.6) is 5.75 Å². The first-order valence-electron chi connectivity index (χ1n) is 5.83. The monoisotopic (exact) mass is 316 g/mol. The molecular formula is C13H13ClO3S2. The predicted molar refractivity (Wildman–Crippen MR) is 78.9 cm³/mol. The van der Waals surface area contributed by atoms with Crippen LogP contribution in [0.25, 0.3) is 0 Å². The molecule has 2 rings (SSSR count). The van der Waals surface area contributed by atoms with Crippen LogP contribution in [-0.4, -0.2) is 11.1 Å². The number of thiophene rings is 2. The zero-order valence-corrected chi connectivity index (χ0v) is 12.7. The summed E-state index contributed by atoms with van der Waals surface area (Å²) in [5.74, 6) is -0.489. The molecule has 102 valence electrons. The number of hydrogen-bond acceptors (Lipinski definition) is 4. The third-order valence-electron chi connectivity index (χ3n) is 2.44. The van der Waals surface area contributed by atoms with Gasteiger partial charge in [0.1, 0.15) is 12.4 Å². The zero-order valence-electron chi connectivity index (χ0n) is 10.3. The van der Waals surface area contributed by atoms with Crippen LogP contribution in [0, 0.1) is 0 Å². The summed E-state index contributed by atoms with van der Waals surface area (Å²) in [5.41, 5.74) is 0. The first-order chi connectivity index (χ1) is 9.10. The lowest BCUT2D eigenvalue weighted by Gasteiger charge is -2.02. The lowest BCUT2D eigenvalue weighted by atomic mass is 10.3. The van der Waals surface area contributed by atoms with E-state index in [0.717, 1.165) is 22.6 Å². The molecule has 0 aliphatic rings. The Labute approximate surface area is 124 Å². The Kier molecular flexibility index (Phi) is 4.85. The molecule has 0 saturated heterocycles. The summed E-state index contributed by atoms with van der Waals surface area (Å²) in [6.07, 6.45) is 1.86. The van der Waals surface area contributed by atoms with Crippen molar-refractivity contribution in [3.05, 3.63) is 37.2 Å². The quantitative estimate of drug-likeness (QED) is 0.840. The molecule has 19 heavy (non-hydrogen) atoms. The summed E-state index contributed by atoms with van der Waals surface area (Å²) >= 11 is 8.56. The van der Waals surface area contributed by atoms with E-state index in [-0.39, 0.29) is 4.88 Å². The van der Waals surface area contributed by atoms with Crippen LogP contribution in [0.4, 0.5) is 0 Å². The van der Waals surface area contributed by atoms with E-state index in [0.29, 0.717) is 16.7 Å². The van der Waals surface area contributed by atoms with Crippen LogP contribution in [0.3, 0.4) is 0 Å². The van der Waals surface area contributed by atoms with E-state index in [1.54, 1.807) is 6.07 Å². The average Bonchev–Trinajstić information content (AvgIpc) is 2.93. The second-order valence-corrected chi connectivity index (χ2v) is 6.89. The number of carbonyl (C=O) groups is 1. The SMILES string of the molecule is CCCc1cc(OCc2ccc(Cl)s2)c(C(=O)O)s1. The smallest absolute Gasteiger partial charge is 0.349 e. The van der Waals surface area contributed by atoms with Crippen molar-refractivity contribution < 1.29 is 14.6 Å². The molecule has 0 atom stereocenters. The molecule has 3 nitrogen and oxygen atoms in total. The van der Waals surface area contributed by atoms with Gasteiger partial charge < -0.3 is 9.84 Å². The lowest BCUT2D eigenvalue weighted by molar-refractivity contribution is 0.0697. The molecule has 2 aromatic rings. The van der Waals surface area contributed by atoms with Gasteiger partial charge in [0, 0.05) is 9.75 Å². The van der Waals surface area contributed by atoms with Crippen LogP contribution in [0.1, 0.15) is 32.8 Å². The molecule has 0 aromatic carbocycles. The summed E-state index contributed by atoms with van der Waals surface area (Å²) in [7, 11) is 0. The largest absolute Gasteiger partial charge is 0.486 e. The summed E-state index contributed by atoms with van der Waals surface area (Å²) in [6, 6.07) is 5.51. The van der Waals surface area contributed by atoms with Gasteiger partial charge in [0.05, 0.1) is 4.34 Å². The lowest BCUT2D eigenvalue weighted by Crippen LogP contribution is -1.98. The van der Waals surface area contributed by atoms with Crippen molar-refractivity contribution >= 4 is 40.2 Å². The number of aryl methyl sites for hydroxylation is 1. The standard InChI is InChI=1S/C13H13ClO3S2/c1-2-3-8-6-10(12(19-8)13(15)16)17-7-9-4-5-11(14)18-9/h4-6H,2-3,7H2,1H3,(H,15,16). The normalized spacial score (nSPS) is 10.6.